The van der Waals surface area contributed by atoms with Gasteiger partial charge in [-0.05, 0) is 25.2 Å². The molecular formula is C12H17NO4. The molecule has 0 aromatic carbocycles. The first-order valence-electron chi connectivity index (χ1n) is 5.87. The average Bonchev–Trinajstić information content (AvgIpc) is 2.87. The number of aliphatic hydroxyl groups excluding tert-OH is 1. The summed E-state index contributed by atoms with van der Waals surface area (Å²) in [5, 5.41) is 20.7. The fraction of sp³-hybridized carbons (Fsp3) is 0.667. The Morgan fingerprint density at radius 1 is 1.35 bits per heavy atom. The van der Waals surface area contributed by atoms with E-state index in [0.29, 0.717) is 0 Å². The molecule has 0 heterocycles. The summed E-state index contributed by atoms with van der Waals surface area (Å²) in [6.45, 7) is 1.55. The van der Waals surface area contributed by atoms with E-state index in [2.05, 4.69) is 5.32 Å². The number of allylic oxidation sites excluding steroid dienone is 2. The van der Waals surface area contributed by atoms with Crippen molar-refractivity contribution in [1.29, 1.82) is 0 Å². The van der Waals surface area contributed by atoms with Gasteiger partial charge in [-0.25, -0.2) is 0 Å². The lowest BCUT2D eigenvalue weighted by Crippen LogP contribution is -2.44. The van der Waals surface area contributed by atoms with Crippen molar-refractivity contribution in [1.82, 2.24) is 5.32 Å². The molecular weight excluding hydrogens is 222 g/mol. The molecule has 17 heavy (non-hydrogen) atoms. The second kappa shape index (κ2) is 4.49. The number of fused-ring (bicyclic) bond motifs is 2. The summed E-state index contributed by atoms with van der Waals surface area (Å²) >= 11 is 0. The monoisotopic (exact) mass is 239 g/mol. The SMILES string of the molecule is C[C@H](CO)NC(=O)[C@H]1C2C=CC(C2)[C@H]1C(=O)O. The normalized spacial score (nSPS) is 35.9. The molecule has 2 unspecified atom stereocenters. The lowest BCUT2D eigenvalue weighted by Gasteiger charge is -2.25. The van der Waals surface area contributed by atoms with Crippen LogP contribution >= 0.6 is 0 Å². The molecule has 5 heteroatoms. The molecule has 5 atom stereocenters. The van der Waals surface area contributed by atoms with E-state index in [9.17, 15) is 14.7 Å². The lowest BCUT2D eigenvalue weighted by molar-refractivity contribution is -0.148. The third kappa shape index (κ3) is 2.07. The standard InChI is InChI=1S/C12H17NO4/c1-6(5-14)13-11(15)9-7-2-3-8(4-7)10(9)12(16)17/h2-3,6-10,14H,4-5H2,1H3,(H,13,15)(H,16,17)/t6-,7?,8?,9+,10-/m1/s1. The number of carboxylic acid groups (broad SMARTS) is 1. The van der Waals surface area contributed by atoms with E-state index in [1.807, 2.05) is 12.2 Å². The van der Waals surface area contributed by atoms with Gasteiger partial charge in [0.1, 0.15) is 0 Å². The Bertz CT molecular complexity index is 366. The maximum absolute atomic E-state index is 12.0. The Kier molecular flexibility index (Phi) is 3.19. The van der Waals surface area contributed by atoms with Gasteiger partial charge in [-0.3, -0.25) is 9.59 Å². The molecule has 2 aliphatic rings. The molecule has 94 valence electrons. The van der Waals surface area contributed by atoms with Gasteiger partial charge in [-0.15, -0.1) is 0 Å². The van der Waals surface area contributed by atoms with Crippen LogP contribution in [0.3, 0.4) is 0 Å². The predicted molar refractivity (Wildman–Crippen MR) is 60.0 cm³/mol. The van der Waals surface area contributed by atoms with Crippen molar-refractivity contribution in [3.63, 3.8) is 0 Å². The molecule has 0 radical (unpaired) electrons. The van der Waals surface area contributed by atoms with Crippen molar-refractivity contribution < 1.29 is 19.8 Å². The molecule has 0 spiro atoms. The number of hydrogen-bond acceptors (Lipinski definition) is 3. The van der Waals surface area contributed by atoms with Gasteiger partial charge in [0, 0.05) is 6.04 Å². The molecule has 1 amide bonds. The van der Waals surface area contributed by atoms with Crippen LogP contribution in [0, 0.1) is 23.7 Å². The molecule has 2 aliphatic carbocycles. The lowest BCUT2D eigenvalue weighted by atomic mass is 9.82. The van der Waals surface area contributed by atoms with Crippen LogP contribution in [0.5, 0.6) is 0 Å². The van der Waals surface area contributed by atoms with E-state index in [1.54, 1.807) is 6.92 Å². The molecule has 1 fully saturated rings. The van der Waals surface area contributed by atoms with E-state index in [4.69, 9.17) is 5.11 Å². The van der Waals surface area contributed by atoms with Gasteiger partial charge in [0.25, 0.3) is 0 Å². The van der Waals surface area contributed by atoms with E-state index >= 15 is 0 Å². The molecule has 0 saturated heterocycles. The van der Waals surface area contributed by atoms with Crippen LogP contribution < -0.4 is 5.32 Å². The van der Waals surface area contributed by atoms with Crippen LogP contribution in [0.2, 0.25) is 0 Å². The fourth-order valence-electron chi connectivity index (χ4n) is 2.90. The maximum Gasteiger partial charge on any atom is 0.307 e. The van der Waals surface area contributed by atoms with E-state index in [0.717, 1.165) is 6.42 Å². The van der Waals surface area contributed by atoms with Gasteiger partial charge in [0.05, 0.1) is 18.4 Å². The Labute approximate surface area is 99.5 Å². The Hall–Kier alpha value is -1.36. The smallest absolute Gasteiger partial charge is 0.307 e. The third-order valence-electron chi connectivity index (χ3n) is 3.71. The number of aliphatic hydroxyl groups is 1. The van der Waals surface area contributed by atoms with Crippen LogP contribution in [0.4, 0.5) is 0 Å². The van der Waals surface area contributed by atoms with Crippen molar-refractivity contribution in [2.24, 2.45) is 23.7 Å². The number of rotatable bonds is 4. The zero-order valence-corrected chi connectivity index (χ0v) is 9.67. The minimum Gasteiger partial charge on any atom is -0.481 e. The van der Waals surface area contributed by atoms with Crippen molar-refractivity contribution >= 4 is 11.9 Å². The summed E-state index contributed by atoms with van der Waals surface area (Å²) in [5.41, 5.74) is 0. The fourth-order valence-corrected chi connectivity index (χ4v) is 2.90. The molecule has 2 bridgehead atoms. The Morgan fingerprint density at radius 2 is 1.94 bits per heavy atom. The molecule has 0 aliphatic heterocycles. The largest absolute Gasteiger partial charge is 0.481 e. The van der Waals surface area contributed by atoms with Gasteiger partial charge in [0.2, 0.25) is 5.91 Å². The number of amides is 1. The highest BCUT2D eigenvalue weighted by atomic mass is 16.4. The number of carboxylic acids is 1. The first-order chi connectivity index (χ1) is 8.04. The topological polar surface area (TPSA) is 86.6 Å². The highest BCUT2D eigenvalue weighted by Gasteiger charge is 2.51. The second-order valence-corrected chi connectivity index (χ2v) is 4.93. The first kappa shape index (κ1) is 12.1. The third-order valence-corrected chi connectivity index (χ3v) is 3.71. The summed E-state index contributed by atoms with van der Waals surface area (Å²) in [4.78, 5) is 23.2. The molecule has 2 rings (SSSR count). The van der Waals surface area contributed by atoms with Gasteiger partial charge in [0.15, 0.2) is 0 Å². The van der Waals surface area contributed by atoms with E-state index in [-0.39, 0.29) is 30.4 Å². The zero-order valence-electron chi connectivity index (χ0n) is 9.67. The summed E-state index contributed by atoms with van der Waals surface area (Å²) in [6, 6.07) is -0.333. The van der Waals surface area contributed by atoms with Crippen LogP contribution in [0.25, 0.3) is 0 Å². The van der Waals surface area contributed by atoms with E-state index < -0.39 is 17.8 Å². The number of carbonyl (C=O) groups is 2. The van der Waals surface area contributed by atoms with Crippen LogP contribution in [0.1, 0.15) is 13.3 Å². The summed E-state index contributed by atoms with van der Waals surface area (Å²) in [6.07, 6.45) is 4.60. The van der Waals surface area contributed by atoms with Crippen molar-refractivity contribution in [2.45, 2.75) is 19.4 Å². The number of carbonyl (C=O) groups excluding carboxylic acids is 1. The van der Waals surface area contributed by atoms with Crippen molar-refractivity contribution in [2.75, 3.05) is 6.61 Å². The maximum atomic E-state index is 12.0. The van der Waals surface area contributed by atoms with Crippen molar-refractivity contribution in [3.8, 4) is 0 Å². The molecule has 0 aromatic heterocycles. The zero-order chi connectivity index (χ0) is 12.6. The van der Waals surface area contributed by atoms with E-state index in [1.165, 1.54) is 0 Å². The minimum absolute atomic E-state index is 0.0160. The molecule has 3 N–H and O–H groups in total. The molecule has 5 nitrogen and oxygen atoms in total. The predicted octanol–water partition coefficient (Wildman–Crippen LogP) is 0.00630. The minimum atomic E-state index is -0.904. The van der Waals surface area contributed by atoms with Crippen molar-refractivity contribution in [3.05, 3.63) is 12.2 Å². The van der Waals surface area contributed by atoms with Gasteiger partial charge < -0.3 is 15.5 Å². The van der Waals surface area contributed by atoms with Gasteiger partial charge in [-0.1, -0.05) is 12.2 Å². The Morgan fingerprint density at radius 3 is 2.47 bits per heavy atom. The summed E-state index contributed by atoms with van der Waals surface area (Å²) < 4.78 is 0. The summed E-state index contributed by atoms with van der Waals surface area (Å²) in [5.74, 6) is -2.24. The molecule has 1 saturated carbocycles. The Balaban J connectivity index is 2.11. The van der Waals surface area contributed by atoms with Crippen LogP contribution in [-0.4, -0.2) is 34.7 Å². The molecule has 0 aromatic rings. The van der Waals surface area contributed by atoms with Crippen LogP contribution in [-0.2, 0) is 9.59 Å². The highest BCUT2D eigenvalue weighted by molar-refractivity contribution is 5.87. The second-order valence-electron chi connectivity index (χ2n) is 4.93. The average molecular weight is 239 g/mol. The quantitative estimate of drug-likeness (QED) is 0.603. The number of aliphatic carboxylic acids is 1. The highest BCUT2D eigenvalue weighted by Crippen LogP contribution is 2.48. The summed E-state index contributed by atoms with van der Waals surface area (Å²) in [7, 11) is 0. The number of nitrogens with one attached hydrogen (secondary N) is 1. The first-order valence-corrected chi connectivity index (χ1v) is 5.87. The van der Waals surface area contributed by atoms with Crippen LogP contribution in [0.15, 0.2) is 12.2 Å². The van der Waals surface area contributed by atoms with Gasteiger partial charge in [-0.2, -0.15) is 0 Å². The van der Waals surface area contributed by atoms with Gasteiger partial charge >= 0.3 is 5.97 Å². The number of hydrogen-bond donors (Lipinski definition) is 3.